The van der Waals surface area contributed by atoms with Crippen LogP contribution in [0.25, 0.3) is 10.4 Å². The van der Waals surface area contributed by atoms with Gasteiger partial charge in [-0.2, -0.15) is 0 Å². The molecule has 0 N–H and O–H groups in total. The van der Waals surface area contributed by atoms with Crippen LogP contribution >= 0.6 is 0 Å². The molecule has 0 saturated carbocycles. The van der Waals surface area contributed by atoms with Crippen molar-refractivity contribution in [2.75, 3.05) is 33.0 Å². The van der Waals surface area contributed by atoms with Gasteiger partial charge in [0.25, 0.3) is 0 Å². The first-order valence-corrected chi connectivity index (χ1v) is 16.4. The molecular weight excluding hydrogens is 546 g/mol. The highest BCUT2D eigenvalue weighted by atomic mass is 35.5. The lowest BCUT2D eigenvalue weighted by molar-refractivity contribution is -0.697. The van der Waals surface area contributed by atoms with E-state index in [1.165, 1.54) is 75.3 Å². The summed E-state index contributed by atoms with van der Waals surface area (Å²) in [5.74, 6) is 0. The summed E-state index contributed by atoms with van der Waals surface area (Å²) in [6.45, 7) is 5.17. The highest BCUT2D eigenvalue weighted by Crippen LogP contribution is 2.11. The number of halogens is 1. The predicted molar refractivity (Wildman–Crippen MR) is 168 cm³/mol. The number of hydrogen-bond donors (Lipinski definition) is 0. The monoisotopic (exact) mass is 601 g/mol. The maximum absolute atomic E-state index is 8.26. The molecule has 42 heavy (non-hydrogen) atoms. The SMILES string of the molecule is [Cl-].[N-]=[N+]=NCCCCCCOCCCc1ccc[n+](CCCCCCCCCCCCOCCCc2cccnc2)c1. The number of hydrogen-bond acceptors (Lipinski definition) is 4. The molecular formula is C34H56ClN5O2. The van der Waals surface area contributed by atoms with E-state index in [2.05, 4.69) is 50.2 Å². The summed E-state index contributed by atoms with van der Waals surface area (Å²) in [7, 11) is 0. The molecule has 0 amide bonds. The number of unbranched alkanes of at least 4 members (excludes halogenated alkanes) is 12. The lowest BCUT2D eigenvalue weighted by Gasteiger charge is -2.05. The first kappa shape index (κ1) is 37.8. The quantitative estimate of drug-likeness (QED) is 0.0410. The summed E-state index contributed by atoms with van der Waals surface area (Å²) in [6.07, 6.45) is 30.2. The Morgan fingerprint density at radius 3 is 1.83 bits per heavy atom. The fraction of sp³-hybridized carbons (Fsp3) is 0.706. The third-order valence-electron chi connectivity index (χ3n) is 7.47. The van der Waals surface area contributed by atoms with Gasteiger partial charge in [0, 0.05) is 68.3 Å². The molecule has 0 radical (unpaired) electrons. The molecule has 2 heterocycles. The number of nitrogens with zero attached hydrogens (tertiary/aromatic N) is 5. The average molecular weight is 602 g/mol. The second-order valence-corrected chi connectivity index (χ2v) is 11.1. The first-order valence-electron chi connectivity index (χ1n) is 16.4. The topological polar surface area (TPSA) is 84.0 Å². The summed E-state index contributed by atoms with van der Waals surface area (Å²) < 4.78 is 13.9. The van der Waals surface area contributed by atoms with Gasteiger partial charge in [0.05, 0.1) is 0 Å². The summed E-state index contributed by atoms with van der Waals surface area (Å²) in [5.41, 5.74) is 11.0. The van der Waals surface area contributed by atoms with Crippen molar-refractivity contribution in [1.29, 1.82) is 0 Å². The molecule has 0 aliphatic carbocycles. The minimum Gasteiger partial charge on any atom is -1.00 e. The van der Waals surface area contributed by atoms with Gasteiger partial charge in [0.2, 0.25) is 0 Å². The Hall–Kier alpha value is -2.18. The lowest BCUT2D eigenvalue weighted by atomic mass is 10.1. The molecule has 0 atom stereocenters. The normalized spacial score (nSPS) is 10.8. The molecule has 0 fully saturated rings. The molecule has 2 aromatic heterocycles. The van der Waals surface area contributed by atoms with Gasteiger partial charge in [-0.25, -0.2) is 4.57 Å². The van der Waals surface area contributed by atoms with E-state index in [1.54, 1.807) is 0 Å². The molecule has 0 aromatic carbocycles. The zero-order chi connectivity index (χ0) is 28.9. The van der Waals surface area contributed by atoms with Gasteiger partial charge in [-0.3, -0.25) is 4.98 Å². The van der Waals surface area contributed by atoms with E-state index in [1.807, 2.05) is 18.5 Å². The van der Waals surface area contributed by atoms with Crippen LogP contribution in [0.3, 0.4) is 0 Å². The van der Waals surface area contributed by atoms with Crippen LogP contribution in [0.1, 0.15) is 114 Å². The van der Waals surface area contributed by atoms with Gasteiger partial charge in [-0.05, 0) is 74.6 Å². The second-order valence-electron chi connectivity index (χ2n) is 11.1. The average Bonchev–Trinajstić information content (AvgIpc) is 3.00. The summed E-state index contributed by atoms with van der Waals surface area (Å²) in [4.78, 5) is 6.94. The zero-order valence-corrected chi connectivity index (χ0v) is 26.8. The Bertz CT molecular complexity index is 912. The first-order chi connectivity index (χ1) is 20.4. The minimum absolute atomic E-state index is 0. The van der Waals surface area contributed by atoms with Crippen LogP contribution in [-0.4, -0.2) is 38.0 Å². The number of aromatic nitrogens is 2. The molecule has 2 rings (SSSR count). The largest absolute Gasteiger partial charge is 1.00 e. The Balaban J connectivity index is 0.00000882. The van der Waals surface area contributed by atoms with Crippen molar-refractivity contribution in [1.82, 2.24) is 4.98 Å². The number of rotatable bonds is 28. The Morgan fingerprint density at radius 1 is 0.667 bits per heavy atom. The van der Waals surface area contributed by atoms with Crippen molar-refractivity contribution in [3.63, 3.8) is 0 Å². The Morgan fingerprint density at radius 2 is 1.21 bits per heavy atom. The zero-order valence-electron chi connectivity index (χ0n) is 26.0. The third kappa shape index (κ3) is 22.4. The van der Waals surface area contributed by atoms with Crippen LogP contribution in [0.2, 0.25) is 0 Å². The fourth-order valence-corrected chi connectivity index (χ4v) is 5.07. The molecule has 0 bridgehead atoms. The molecule has 7 nitrogen and oxygen atoms in total. The lowest BCUT2D eigenvalue weighted by Crippen LogP contribution is -3.00. The highest BCUT2D eigenvalue weighted by molar-refractivity contribution is 5.08. The van der Waals surface area contributed by atoms with E-state index in [-0.39, 0.29) is 12.4 Å². The summed E-state index contributed by atoms with van der Waals surface area (Å²) in [6, 6.07) is 8.55. The van der Waals surface area contributed by atoms with E-state index in [0.29, 0.717) is 6.54 Å². The summed E-state index contributed by atoms with van der Waals surface area (Å²) in [5, 5.41) is 3.56. The smallest absolute Gasteiger partial charge is 0.171 e. The Labute approximate surface area is 261 Å². The number of pyridine rings is 2. The van der Waals surface area contributed by atoms with Crippen molar-refractivity contribution in [3.8, 4) is 0 Å². The second kappa shape index (κ2) is 28.9. The van der Waals surface area contributed by atoms with Gasteiger partial charge in [-0.1, -0.05) is 69.0 Å². The summed E-state index contributed by atoms with van der Waals surface area (Å²) >= 11 is 0. The Kier molecular flexibility index (Phi) is 26.1. The van der Waals surface area contributed by atoms with Crippen molar-refractivity contribution in [2.24, 2.45) is 5.11 Å². The van der Waals surface area contributed by atoms with Crippen molar-refractivity contribution < 1.29 is 26.4 Å². The predicted octanol–water partition coefficient (Wildman–Crippen LogP) is 5.74. The third-order valence-corrected chi connectivity index (χ3v) is 7.47. The van der Waals surface area contributed by atoms with E-state index >= 15 is 0 Å². The van der Waals surface area contributed by atoms with E-state index in [0.717, 1.165) is 84.3 Å². The van der Waals surface area contributed by atoms with Gasteiger partial charge in [-0.15, -0.1) is 0 Å². The van der Waals surface area contributed by atoms with E-state index < -0.39 is 0 Å². The van der Waals surface area contributed by atoms with E-state index in [4.69, 9.17) is 15.0 Å². The standard InChI is InChI=1S/C34H56N5O2.ClH/c35-38-37-24-11-7-10-14-28-41-30-18-22-34-20-16-26-39(32-34)25-12-8-5-3-1-2-4-6-9-13-27-40-29-17-21-33-19-15-23-36-31-33;/h15-16,19-20,23,26,31-32H,1-14,17-18,21-22,24-25,27-30H2;1H/q+1;/p-1. The molecule has 0 spiro atoms. The molecule has 0 aliphatic heterocycles. The van der Waals surface area contributed by atoms with Crippen molar-refractivity contribution >= 4 is 0 Å². The number of ether oxygens (including phenoxy) is 2. The molecule has 0 aliphatic rings. The van der Waals surface area contributed by atoms with Gasteiger partial charge >= 0.3 is 0 Å². The van der Waals surface area contributed by atoms with Gasteiger partial charge < -0.3 is 21.9 Å². The number of aryl methyl sites for hydroxylation is 3. The van der Waals surface area contributed by atoms with Gasteiger partial charge in [0.15, 0.2) is 12.4 Å². The molecule has 236 valence electrons. The highest BCUT2D eigenvalue weighted by Gasteiger charge is 2.03. The van der Waals surface area contributed by atoms with Gasteiger partial charge in [0.1, 0.15) is 6.54 Å². The maximum Gasteiger partial charge on any atom is 0.171 e. The molecule has 2 aromatic rings. The van der Waals surface area contributed by atoms with Crippen molar-refractivity contribution in [2.45, 2.75) is 122 Å². The van der Waals surface area contributed by atoms with Crippen molar-refractivity contribution in [3.05, 3.63) is 70.6 Å². The minimum atomic E-state index is 0. The van der Waals surface area contributed by atoms with Crippen LogP contribution in [-0.2, 0) is 28.9 Å². The van der Waals surface area contributed by atoms with Crippen LogP contribution in [0.4, 0.5) is 0 Å². The fourth-order valence-electron chi connectivity index (χ4n) is 5.07. The van der Waals surface area contributed by atoms with Crippen LogP contribution in [0.5, 0.6) is 0 Å². The molecule has 0 saturated heterocycles. The van der Waals surface area contributed by atoms with Crippen LogP contribution in [0, 0.1) is 0 Å². The molecule has 0 unspecified atom stereocenters. The number of azide groups is 1. The van der Waals surface area contributed by atoms with Crippen LogP contribution in [0.15, 0.2) is 54.2 Å². The van der Waals surface area contributed by atoms with E-state index in [9.17, 15) is 0 Å². The maximum atomic E-state index is 8.26. The molecule has 8 heteroatoms. The van der Waals surface area contributed by atoms with Crippen LogP contribution < -0.4 is 17.0 Å².